The Balaban J connectivity index is 2.21. The average molecular weight is 340 g/mol. The van der Waals surface area contributed by atoms with E-state index in [1.165, 1.54) is 0 Å². The Kier molecular flexibility index (Phi) is 3.96. The third-order valence-electron chi connectivity index (χ3n) is 2.30. The van der Waals surface area contributed by atoms with Crippen LogP contribution in [0, 0.1) is 3.57 Å². The predicted octanol–water partition coefficient (Wildman–Crippen LogP) is 3.50. The second-order valence-electron chi connectivity index (χ2n) is 3.78. The molecule has 0 radical (unpaired) electrons. The zero-order valence-electron chi connectivity index (χ0n) is 9.43. The predicted molar refractivity (Wildman–Crippen MR) is 76.1 cm³/mol. The van der Waals surface area contributed by atoms with Crippen LogP contribution in [0.2, 0.25) is 0 Å². The highest BCUT2D eigenvalue weighted by Crippen LogP contribution is 2.23. The van der Waals surface area contributed by atoms with Gasteiger partial charge >= 0.3 is 0 Å². The summed E-state index contributed by atoms with van der Waals surface area (Å²) in [6.07, 6.45) is 1.71. The number of halogens is 1. The van der Waals surface area contributed by atoms with E-state index in [2.05, 4.69) is 27.6 Å². The van der Waals surface area contributed by atoms with E-state index < -0.39 is 0 Å². The van der Waals surface area contributed by atoms with Crippen LogP contribution in [-0.4, -0.2) is 4.98 Å². The molecule has 2 N–H and O–H groups in total. The van der Waals surface area contributed by atoms with Gasteiger partial charge in [-0.15, -0.1) is 0 Å². The second-order valence-corrected chi connectivity index (χ2v) is 5.02. The Morgan fingerprint density at radius 1 is 1.29 bits per heavy atom. The number of benzene rings is 1. The Morgan fingerprint density at radius 2 is 2.12 bits per heavy atom. The van der Waals surface area contributed by atoms with Gasteiger partial charge in [0.05, 0.1) is 0 Å². The van der Waals surface area contributed by atoms with E-state index in [0.29, 0.717) is 5.88 Å². The van der Waals surface area contributed by atoms with Crippen molar-refractivity contribution < 1.29 is 4.74 Å². The van der Waals surface area contributed by atoms with E-state index in [4.69, 9.17) is 10.5 Å². The van der Waals surface area contributed by atoms with Gasteiger partial charge < -0.3 is 10.5 Å². The molecule has 88 valence electrons. The zero-order valence-corrected chi connectivity index (χ0v) is 11.6. The first-order valence-corrected chi connectivity index (χ1v) is 6.38. The van der Waals surface area contributed by atoms with E-state index in [0.717, 1.165) is 14.9 Å². The molecular weight excluding hydrogens is 327 g/mol. The van der Waals surface area contributed by atoms with Gasteiger partial charge in [0.15, 0.2) is 0 Å². The van der Waals surface area contributed by atoms with Gasteiger partial charge in [0, 0.05) is 21.9 Å². The molecule has 4 heteroatoms. The average Bonchev–Trinajstić information content (AvgIpc) is 2.29. The van der Waals surface area contributed by atoms with Gasteiger partial charge in [-0.25, -0.2) is 4.98 Å². The fourth-order valence-corrected chi connectivity index (χ4v) is 1.93. The Hall–Kier alpha value is -1.14. The summed E-state index contributed by atoms with van der Waals surface area (Å²) in [5.74, 6) is 1.35. The van der Waals surface area contributed by atoms with Gasteiger partial charge in [-0.1, -0.05) is 6.07 Å². The number of hydrogen-bond acceptors (Lipinski definition) is 3. The summed E-state index contributed by atoms with van der Waals surface area (Å²) in [6.45, 7) is 1.94. The molecule has 0 spiro atoms. The van der Waals surface area contributed by atoms with Crippen molar-refractivity contribution in [1.29, 1.82) is 0 Å². The fourth-order valence-electron chi connectivity index (χ4n) is 1.42. The molecule has 0 aliphatic heterocycles. The minimum atomic E-state index is -0.0174. The Labute approximate surface area is 114 Å². The van der Waals surface area contributed by atoms with Crippen molar-refractivity contribution in [2.24, 2.45) is 5.73 Å². The molecular formula is C13H13IN2O. The van der Waals surface area contributed by atoms with E-state index in [-0.39, 0.29) is 6.04 Å². The summed E-state index contributed by atoms with van der Waals surface area (Å²) < 4.78 is 6.81. The van der Waals surface area contributed by atoms with Crippen LogP contribution in [0.1, 0.15) is 18.5 Å². The third kappa shape index (κ3) is 3.41. The molecule has 0 amide bonds. The molecule has 1 aromatic heterocycles. The summed E-state index contributed by atoms with van der Waals surface area (Å²) in [5.41, 5.74) is 6.83. The molecule has 17 heavy (non-hydrogen) atoms. The Morgan fingerprint density at radius 3 is 2.82 bits per heavy atom. The number of pyridine rings is 1. The van der Waals surface area contributed by atoms with Crippen LogP contribution in [0.5, 0.6) is 11.6 Å². The molecule has 0 bridgehead atoms. The maximum atomic E-state index is 5.82. The molecule has 0 aliphatic rings. The van der Waals surface area contributed by atoms with Gasteiger partial charge in [-0.05, 0) is 59.3 Å². The quantitative estimate of drug-likeness (QED) is 0.870. The van der Waals surface area contributed by atoms with E-state index in [9.17, 15) is 0 Å². The highest BCUT2D eigenvalue weighted by molar-refractivity contribution is 14.1. The maximum absolute atomic E-state index is 5.82. The highest BCUT2D eigenvalue weighted by Gasteiger charge is 2.03. The summed E-state index contributed by atoms with van der Waals surface area (Å²) in [7, 11) is 0. The van der Waals surface area contributed by atoms with Crippen LogP contribution in [0.3, 0.4) is 0 Å². The summed E-state index contributed by atoms with van der Waals surface area (Å²) in [6, 6.07) is 11.6. The first-order valence-electron chi connectivity index (χ1n) is 5.30. The molecule has 0 aliphatic carbocycles. The smallest absolute Gasteiger partial charge is 0.219 e. The second kappa shape index (κ2) is 5.46. The van der Waals surface area contributed by atoms with Crippen LogP contribution < -0.4 is 10.5 Å². The van der Waals surface area contributed by atoms with Gasteiger partial charge in [-0.3, -0.25) is 0 Å². The summed E-state index contributed by atoms with van der Waals surface area (Å²) >= 11 is 2.25. The first-order chi connectivity index (χ1) is 8.15. The lowest BCUT2D eigenvalue weighted by atomic mass is 10.1. The maximum Gasteiger partial charge on any atom is 0.219 e. The number of nitrogens with zero attached hydrogens (tertiary/aromatic N) is 1. The molecule has 2 aromatic rings. The van der Waals surface area contributed by atoms with Gasteiger partial charge in [-0.2, -0.15) is 0 Å². The molecule has 3 nitrogen and oxygen atoms in total. The lowest BCUT2D eigenvalue weighted by Crippen LogP contribution is -2.05. The van der Waals surface area contributed by atoms with Crippen molar-refractivity contribution in [2.75, 3.05) is 0 Å². The van der Waals surface area contributed by atoms with E-state index in [1.807, 2.05) is 43.3 Å². The van der Waals surface area contributed by atoms with Crippen LogP contribution in [0.15, 0.2) is 42.6 Å². The summed E-state index contributed by atoms with van der Waals surface area (Å²) in [5, 5.41) is 0. The molecule has 1 aromatic carbocycles. The van der Waals surface area contributed by atoms with Crippen molar-refractivity contribution in [3.8, 4) is 11.6 Å². The van der Waals surface area contributed by atoms with E-state index in [1.54, 1.807) is 6.20 Å². The SMILES string of the molecule is C[C@H](N)c1ccnc(Oc2cccc(I)c2)c1. The molecule has 0 saturated heterocycles. The topological polar surface area (TPSA) is 48.1 Å². The van der Waals surface area contributed by atoms with Crippen molar-refractivity contribution in [3.05, 3.63) is 51.7 Å². The van der Waals surface area contributed by atoms with Crippen LogP contribution in [-0.2, 0) is 0 Å². The minimum absolute atomic E-state index is 0.0174. The number of nitrogens with two attached hydrogens (primary N) is 1. The number of aromatic nitrogens is 1. The van der Waals surface area contributed by atoms with Crippen molar-refractivity contribution >= 4 is 22.6 Å². The number of ether oxygens (including phenoxy) is 1. The molecule has 2 rings (SSSR count). The lowest BCUT2D eigenvalue weighted by molar-refractivity contribution is 0.461. The van der Waals surface area contributed by atoms with E-state index >= 15 is 0 Å². The van der Waals surface area contributed by atoms with Crippen LogP contribution in [0.25, 0.3) is 0 Å². The van der Waals surface area contributed by atoms with Crippen molar-refractivity contribution in [1.82, 2.24) is 4.98 Å². The normalized spacial score (nSPS) is 12.2. The monoisotopic (exact) mass is 340 g/mol. The lowest BCUT2D eigenvalue weighted by Gasteiger charge is -2.08. The first kappa shape index (κ1) is 12.3. The largest absolute Gasteiger partial charge is 0.439 e. The minimum Gasteiger partial charge on any atom is -0.439 e. The third-order valence-corrected chi connectivity index (χ3v) is 2.97. The molecule has 0 saturated carbocycles. The van der Waals surface area contributed by atoms with Crippen molar-refractivity contribution in [3.63, 3.8) is 0 Å². The standard InChI is InChI=1S/C13H13IN2O/c1-9(15)10-5-6-16-13(7-10)17-12-4-2-3-11(14)8-12/h2-9H,15H2,1H3/t9-/m0/s1. The van der Waals surface area contributed by atoms with Gasteiger partial charge in [0.25, 0.3) is 0 Å². The number of hydrogen-bond donors (Lipinski definition) is 1. The summed E-state index contributed by atoms with van der Waals surface area (Å²) in [4.78, 5) is 4.17. The highest BCUT2D eigenvalue weighted by atomic mass is 127. The fraction of sp³-hybridized carbons (Fsp3) is 0.154. The van der Waals surface area contributed by atoms with Crippen LogP contribution in [0.4, 0.5) is 0 Å². The number of rotatable bonds is 3. The zero-order chi connectivity index (χ0) is 12.3. The van der Waals surface area contributed by atoms with Gasteiger partial charge in [0.2, 0.25) is 5.88 Å². The molecule has 1 atom stereocenters. The molecule has 0 fully saturated rings. The molecule has 1 heterocycles. The Bertz CT molecular complexity index is 514. The van der Waals surface area contributed by atoms with Gasteiger partial charge in [0.1, 0.15) is 5.75 Å². The van der Waals surface area contributed by atoms with Crippen LogP contribution >= 0.6 is 22.6 Å². The molecule has 0 unspecified atom stereocenters. The van der Waals surface area contributed by atoms with Crippen molar-refractivity contribution in [2.45, 2.75) is 13.0 Å².